The molecule has 0 saturated heterocycles. The summed E-state index contributed by atoms with van der Waals surface area (Å²) < 4.78 is 8.56. The van der Waals surface area contributed by atoms with Crippen molar-refractivity contribution < 1.29 is 4.42 Å². The number of nitrogen functional groups attached to an aromatic ring is 1. The second kappa shape index (κ2) is 9.71. The molecule has 1 aliphatic heterocycles. The standard InChI is InChI=1S/C28H25IN6O2/c1-17(35-27-23(25(29)33-35)26(30)31-16-32-27)24-22(20-11-5-6-12-21(20)28(36)37-24)19-10-7-13-34(15-19)14-18-8-3-2-4-9-18/h2-6,8-12,16-17H,7,13-15H2,1H3,(H2,30,31,32). The lowest BCUT2D eigenvalue weighted by Crippen LogP contribution is -2.29. The molecule has 6 rings (SSSR count). The topological polar surface area (TPSA) is 103 Å². The number of fused-ring (bicyclic) bond motifs is 2. The van der Waals surface area contributed by atoms with Gasteiger partial charge < -0.3 is 10.2 Å². The van der Waals surface area contributed by atoms with Crippen LogP contribution < -0.4 is 11.4 Å². The van der Waals surface area contributed by atoms with Gasteiger partial charge in [-0.1, -0.05) is 54.6 Å². The van der Waals surface area contributed by atoms with Crippen molar-refractivity contribution in [3.8, 4) is 0 Å². The fraction of sp³-hybridized carbons (Fsp3) is 0.214. The SMILES string of the molecule is CC(c1oc(=O)c2ccccc2c1C1=CCCN(Cc2ccccc2)C1)n1nc(I)c2c(N)ncnc21. The van der Waals surface area contributed by atoms with Crippen molar-refractivity contribution in [2.24, 2.45) is 0 Å². The summed E-state index contributed by atoms with van der Waals surface area (Å²) in [5.41, 5.74) is 9.74. The van der Waals surface area contributed by atoms with E-state index in [9.17, 15) is 4.79 Å². The summed E-state index contributed by atoms with van der Waals surface area (Å²) in [5, 5.41) is 6.88. The van der Waals surface area contributed by atoms with E-state index in [1.54, 1.807) is 4.68 Å². The molecule has 1 unspecified atom stereocenters. The number of anilines is 1. The quantitative estimate of drug-likeness (QED) is 0.281. The molecule has 3 aromatic heterocycles. The Kier molecular flexibility index (Phi) is 6.25. The number of hydrogen-bond acceptors (Lipinski definition) is 7. The molecule has 0 amide bonds. The molecule has 2 N–H and O–H groups in total. The fourth-order valence-electron chi connectivity index (χ4n) is 5.14. The molecular weight excluding hydrogens is 579 g/mol. The summed E-state index contributed by atoms with van der Waals surface area (Å²) in [6, 6.07) is 17.7. The van der Waals surface area contributed by atoms with E-state index >= 15 is 0 Å². The minimum atomic E-state index is -0.405. The highest BCUT2D eigenvalue weighted by molar-refractivity contribution is 14.1. The molecule has 5 aromatic rings. The van der Waals surface area contributed by atoms with Crippen LogP contribution in [0.3, 0.4) is 0 Å². The maximum atomic E-state index is 13.1. The van der Waals surface area contributed by atoms with Crippen LogP contribution in [0.1, 0.15) is 36.3 Å². The van der Waals surface area contributed by atoms with Crippen LogP contribution >= 0.6 is 22.6 Å². The first-order valence-electron chi connectivity index (χ1n) is 12.2. The molecule has 9 heteroatoms. The van der Waals surface area contributed by atoms with Gasteiger partial charge in [0.15, 0.2) is 5.65 Å². The maximum absolute atomic E-state index is 13.1. The van der Waals surface area contributed by atoms with Crippen molar-refractivity contribution in [1.29, 1.82) is 0 Å². The van der Waals surface area contributed by atoms with E-state index in [0.717, 1.165) is 42.6 Å². The highest BCUT2D eigenvalue weighted by atomic mass is 127. The average molecular weight is 604 g/mol. The van der Waals surface area contributed by atoms with Gasteiger partial charge in [-0.2, -0.15) is 5.10 Å². The van der Waals surface area contributed by atoms with Gasteiger partial charge in [-0.15, -0.1) is 0 Å². The average Bonchev–Trinajstić information content (AvgIpc) is 3.26. The van der Waals surface area contributed by atoms with E-state index in [1.165, 1.54) is 11.9 Å². The van der Waals surface area contributed by atoms with Gasteiger partial charge in [0.1, 0.15) is 27.6 Å². The predicted octanol–water partition coefficient (Wildman–Crippen LogP) is 5.02. The van der Waals surface area contributed by atoms with Gasteiger partial charge in [-0.3, -0.25) is 4.90 Å². The van der Waals surface area contributed by atoms with Crippen molar-refractivity contribution in [3.05, 3.63) is 98.0 Å². The lowest BCUT2D eigenvalue weighted by molar-refractivity contribution is 0.296. The summed E-state index contributed by atoms with van der Waals surface area (Å²) >= 11 is 2.14. The van der Waals surface area contributed by atoms with Gasteiger partial charge in [-0.25, -0.2) is 19.4 Å². The Labute approximate surface area is 227 Å². The molecule has 0 aliphatic carbocycles. The minimum absolute atomic E-state index is 0.362. The third-order valence-electron chi connectivity index (χ3n) is 6.89. The monoisotopic (exact) mass is 604 g/mol. The molecule has 0 fully saturated rings. The lowest BCUT2D eigenvalue weighted by Gasteiger charge is -2.29. The maximum Gasteiger partial charge on any atom is 0.343 e. The number of benzene rings is 2. The van der Waals surface area contributed by atoms with E-state index in [2.05, 4.69) is 67.8 Å². The number of nitrogens with two attached hydrogens (primary N) is 1. The molecule has 0 spiro atoms. The molecule has 0 bridgehead atoms. The number of hydrogen-bond donors (Lipinski definition) is 1. The summed E-state index contributed by atoms with van der Waals surface area (Å²) in [6.07, 6.45) is 4.61. The van der Waals surface area contributed by atoms with Crippen LogP contribution in [0.25, 0.3) is 27.4 Å². The van der Waals surface area contributed by atoms with E-state index in [0.29, 0.717) is 31.7 Å². The van der Waals surface area contributed by atoms with E-state index in [1.807, 2.05) is 37.3 Å². The van der Waals surface area contributed by atoms with Gasteiger partial charge >= 0.3 is 5.63 Å². The van der Waals surface area contributed by atoms with Crippen LogP contribution in [0.4, 0.5) is 5.82 Å². The van der Waals surface area contributed by atoms with Crippen LogP contribution in [-0.4, -0.2) is 37.7 Å². The molecule has 4 heterocycles. The molecule has 8 nitrogen and oxygen atoms in total. The van der Waals surface area contributed by atoms with Crippen LogP contribution in [-0.2, 0) is 6.54 Å². The van der Waals surface area contributed by atoms with Crippen LogP contribution in [0.2, 0.25) is 0 Å². The van der Waals surface area contributed by atoms with Crippen molar-refractivity contribution in [2.45, 2.75) is 25.9 Å². The van der Waals surface area contributed by atoms with E-state index in [4.69, 9.17) is 15.2 Å². The first-order chi connectivity index (χ1) is 18.0. The number of rotatable bonds is 5. The highest BCUT2D eigenvalue weighted by Crippen LogP contribution is 2.36. The Morgan fingerprint density at radius 1 is 1.08 bits per heavy atom. The number of aromatic nitrogens is 4. The molecule has 1 aliphatic rings. The predicted molar refractivity (Wildman–Crippen MR) is 153 cm³/mol. The number of halogens is 1. The van der Waals surface area contributed by atoms with Gasteiger partial charge in [-0.05, 0) is 58.5 Å². The number of nitrogens with zero attached hydrogens (tertiary/aromatic N) is 5. The Hall–Kier alpha value is -3.57. The Bertz CT molecular complexity index is 1710. The van der Waals surface area contributed by atoms with Gasteiger partial charge in [0.25, 0.3) is 0 Å². The molecule has 2 aromatic carbocycles. The zero-order valence-corrected chi connectivity index (χ0v) is 22.4. The molecule has 0 radical (unpaired) electrons. The zero-order valence-electron chi connectivity index (χ0n) is 20.3. The van der Waals surface area contributed by atoms with Gasteiger partial charge in [0.05, 0.1) is 10.8 Å². The minimum Gasteiger partial charge on any atom is -0.424 e. The van der Waals surface area contributed by atoms with Crippen molar-refractivity contribution >= 4 is 55.8 Å². The van der Waals surface area contributed by atoms with Crippen LogP contribution in [0.15, 0.2) is 76.2 Å². The third-order valence-corrected chi connectivity index (χ3v) is 7.64. The molecule has 37 heavy (non-hydrogen) atoms. The smallest absolute Gasteiger partial charge is 0.343 e. The highest BCUT2D eigenvalue weighted by Gasteiger charge is 2.27. The Morgan fingerprint density at radius 3 is 2.65 bits per heavy atom. The summed E-state index contributed by atoms with van der Waals surface area (Å²) in [6.45, 7) is 4.55. The fourth-order valence-corrected chi connectivity index (χ4v) is 5.89. The lowest BCUT2D eigenvalue weighted by atomic mass is 9.93. The second-order valence-electron chi connectivity index (χ2n) is 9.26. The van der Waals surface area contributed by atoms with Crippen molar-refractivity contribution in [3.63, 3.8) is 0 Å². The molecular formula is C28H25IN6O2. The van der Waals surface area contributed by atoms with Crippen LogP contribution in [0, 0.1) is 3.70 Å². The van der Waals surface area contributed by atoms with E-state index < -0.39 is 6.04 Å². The van der Waals surface area contributed by atoms with Crippen molar-refractivity contribution in [1.82, 2.24) is 24.6 Å². The molecule has 186 valence electrons. The van der Waals surface area contributed by atoms with Crippen molar-refractivity contribution in [2.75, 3.05) is 18.8 Å². The normalized spacial score (nSPS) is 15.2. The molecule has 1 atom stereocenters. The van der Waals surface area contributed by atoms with Crippen LogP contribution in [0.5, 0.6) is 0 Å². The van der Waals surface area contributed by atoms with Gasteiger partial charge in [0, 0.05) is 25.2 Å². The largest absolute Gasteiger partial charge is 0.424 e. The van der Waals surface area contributed by atoms with E-state index in [-0.39, 0.29) is 5.63 Å². The summed E-state index contributed by atoms with van der Waals surface area (Å²) in [5.74, 6) is 0.939. The Morgan fingerprint density at radius 2 is 1.84 bits per heavy atom. The Balaban J connectivity index is 1.49. The zero-order chi connectivity index (χ0) is 25.5. The third kappa shape index (κ3) is 4.31. The second-order valence-corrected chi connectivity index (χ2v) is 10.3. The molecule has 0 saturated carbocycles. The summed E-state index contributed by atoms with van der Waals surface area (Å²) in [7, 11) is 0. The summed E-state index contributed by atoms with van der Waals surface area (Å²) in [4.78, 5) is 24.1. The first kappa shape index (κ1) is 23.8. The first-order valence-corrected chi connectivity index (χ1v) is 13.2. The van der Waals surface area contributed by atoms with Gasteiger partial charge in [0.2, 0.25) is 0 Å².